The summed E-state index contributed by atoms with van der Waals surface area (Å²) in [5.74, 6) is 1.04. The van der Waals surface area contributed by atoms with Crippen LogP contribution in [0, 0.1) is 0 Å². The summed E-state index contributed by atoms with van der Waals surface area (Å²) in [6.45, 7) is 7.51. The van der Waals surface area contributed by atoms with E-state index < -0.39 is 0 Å². The number of nitrogens with zero attached hydrogens (tertiary/aromatic N) is 6. The minimum absolute atomic E-state index is 0.517. The molecule has 0 fully saturated rings. The molecule has 3 aromatic rings. The highest BCUT2D eigenvalue weighted by molar-refractivity contribution is 7.78. The van der Waals surface area contributed by atoms with Crippen LogP contribution in [0.1, 0.15) is 36.6 Å². The first kappa shape index (κ1) is 25.2. The lowest BCUT2D eigenvalue weighted by molar-refractivity contribution is 1.19. The molecule has 7 nitrogen and oxygen atoms in total. The van der Waals surface area contributed by atoms with Crippen LogP contribution in [0.15, 0.2) is 101 Å². The van der Waals surface area contributed by atoms with Crippen LogP contribution in [-0.4, -0.2) is 38.6 Å². The largest absolute Gasteiger partial charge is 0.351 e. The van der Waals surface area contributed by atoms with Crippen LogP contribution in [0.25, 0.3) is 5.70 Å². The molecule has 35 heavy (non-hydrogen) atoms. The lowest BCUT2D eigenvalue weighted by atomic mass is 10.2. The Labute approximate surface area is 210 Å². The first-order chi connectivity index (χ1) is 17.2. The Balaban J connectivity index is 1.78. The third kappa shape index (κ3) is 7.55. The maximum atomic E-state index is 4.88. The number of thiocarbonyl (C=S) groups is 1. The fraction of sp³-hybridized carbons (Fsp3) is 0.0741. The molecule has 8 heteroatoms. The van der Waals surface area contributed by atoms with E-state index in [0.29, 0.717) is 23.0 Å². The van der Waals surface area contributed by atoms with Gasteiger partial charge in [0.15, 0.2) is 11.6 Å². The van der Waals surface area contributed by atoms with Crippen molar-refractivity contribution in [1.82, 2.24) is 20.3 Å². The summed E-state index contributed by atoms with van der Waals surface area (Å²) in [5, 5.41) is 3.00. The zero-order valence-corrected chi connectivity index (χ0v) is 20.4. The number of aliphatic imine (C=N–C) groups is 3. The second kappa shape index (κ2) is 13.3. The van der Waals surface area contributed by atoms with Crippen LogP contribution < -0.4 is 5.32 Å². The zero-order chi connectivity index (χ0) is 24.9. The van der Waals surface area contributed by atoms with Crippen molar-refractivity contribution in [3.05, 3.63) is 108 Å². The van der Waals surface area contributed by atoms with E-state index in [1.54, 1.807) is 24.6 Å². The van der Waals surface area contributed by atoms with Gasteiger partial charge in [0, 0.05) is 6.20 Å². The van der Waals surface area contributed by atoms with Gasteiger partial charge < -0.3 is 5.32 Å². The highest BCUT2D eigenvalue weighted by Crippen LogP contribution is 2.15. The molecule has 0 unspecified atom stereocenters. The van der Waals surface area contributed by atoms with Crippen molar-refractivity contribution in [2.24, 2.45) is 15.0 Å². The van der Waals surface area contributed by atoms with E-state index in [2.05, 4.69) is 41.8 Å². The molecule has 3 heterocycles. The van der Waals surface area contributed by atoms with Gasteiger partial charge in [0.25, 0.3) is 0 Å². The van der Waals surface area contributed by atoms with Gasteiger partial charge in [-0.25, -0.2) is 24.9 Å². The SMILES string of the molecule is C=CN=C(/C=C\C)c1cccc(/C=N/c2cccc(N=Cc3cccc(/C(=C/C)NC=S)n3)n2)n1. The Morgan fingerprint density at radius 1 is 0.857 bits per heavy atom. The normalized spacial score (nSPS) is 12.5. The Kier molecular flexibility index (Phi) is 9.59. The fourth-order valence-electron chi connectivity index (χ4n) is 2.98. The van der Waals surface area contributed by atoms with Crippen LogP contribution >= 0.6 is 12.2 Å². The Bertz CT molecular complexity index is 1340. The summed E-state index contributed by atoms with van der Waals surface area (Å²) in [7, 11) is 0. The number of hydrogen-bond acceptors (Lipinski definition) is 7. The van der Waals surface area contributed by atoms with Gasteiger partial charge in [0.1, 0.15) is 0 Å². The first-order valence-corrected chi connectivity index (χ1v) is 11.3. The molecule has 3 rings (SSSR count). The molecule has 0 atom stereocenters. The van der Waals surface area contributed by atoms with E-state index in [9.17, 15) is 0 Å². The van der Waals surface area contributed by atoms with Gasteiger partial charge in [0.2, 0.25) is 0 Å². The quantitative estimate of drug-likeness (QED) is 0.294. The van der Waals surface area contributed by atoms with Gasteiger partial charge in [0.05, 0.1) is 52.1 Å². The van der Waals surface area contributed by atoms with Crippen LogP contribution in [0.4, 0.5) is 11.6 Å². The fourth-order valence-corrected chi connectivity index (χ4v) is 3.11. The van der Waals surface area contributed by atoms with E-state index in [1.807, 2.05) is 74.5 Å². The second-order valence-corrected chi connectivity index (χ2v) is 7.16. The summed E-state index contributed by atoms with van der Waals surface area (Å²) in [5.41, 5.74) is 5.90. The standard InChI is InChI=1S/C27H25N7S/c1-4-10-23(28-6-3)25-14-8-12-21(33-25)18-30-27-16-9-15-26(34-27)29-17-20-11-7-13-24(32-20)22(5-2)31-19-35/h4-19H,3H2,1-2H3,(H,31,35)/b10-4-,22-5-,28-23?,29-17?,30-18+. The molecular formula is C27H25N7S. The van der Waals surface area contributed by atoms with Crippen LogP contribution in [0.3, 0.4) is 0 Å². The van der Waals surface area contributed by atoms with E-state index in [-0.39, 0.29) is 0 Å². The van der Waals surface area contributed by atoms with E-state index >= 15 is 0 Å². The number of hydrogen-bond donors (Lipinski definition) is 1. The van der Waals surface area contributed by atoms with Gasteiger partial charge in [-0.3, -0.25) is 4.99 Å². The summed E-state index contributed by atoms with van der Waals surface area (Å²) in [6.07, 6.45) is 10.5. The molecule has 0 spiro atoms. The van der Waals surface area contributed by atoms with Gasteiger partial charge in [-0.2, -0.15) is 0 Å². The average Bonchev–Trinajstić information content (AvgIpc) is 2.90. The van der Waals surface area contributed by atoms with Crippen molar-refractivity contribution >= 4 is 53.2 Å². The topological polar surface area (TPSA) is 87.8 Å². The number of aromatic nitrogens is 3. The predicted octanol–water partition coefficient (Wildman–Crippen LogP) is 5.79. The third-order valence-corrected chi connectivity index (χ3v) is 4.63. The first-order valence-electron chi connectivity index (χ1n) is 10.8. The van der Waals surface area contributed by atoms with Gasteiger partial charge >= 0.3 is 0 Å². The van der Waals surface area contributed by atoms with Crippen molar-refractivity contribution in [2.45, 2.75) is 13.8 Å². The molecule has 0 aliphatic heterocycles. The van der Waals surface area contributed by atoms with E-state index in [1.165, 1.54) is 11.7 Å². The molecule has 0 saturated heterocycles. The third-order valence-electron chi connectivity index (χ3n) is 4.52. The highest BCUT2D eigenvalue weighted by Gasteiger charge is 2.03. The monoisotopic (exact) mass is 479 g/mol. The van der Waals surface area contributed by atoms with Crippen LogP contribution in [-0.2, 0) is 0 Å². The van der Waals surface area contributed by atoms with Gasteiger partial charge in [-0.1, -0.05) is 49.1 Å². The molecule has 1 N–H and O–H groups in total. The number of allylic oxidation sites excluding steroid dienone is 3. The lowest BCUT2D eigenvalue weighted by Crippen LogP contribution is -2.09. The molecule has 0 saturated carbocycles. The average molecular weight is 480 g/mol. The Morgan fingerprint density at radius 3 is 2.03 bits per heavy atom. The number of rotatable bonds is 10. The zero-order valence-electron chi connectivity index (χ0n) is 19.5. The lowest BCUT2D eigenvalue weighted by Gasteiger charge is -2.05. The summed E-state index contributed by atoms with van der Waals surface area (Å²) < 4.78 is 0. The molecule has 0 aliphatic rings. The number of nitrogens with one attached hydrogen (secondary N) is 1. The van der Waals surface area contributed by atoms with Crippen molar-refractivity contribution in [1.29, 1.82) is 0 Å². The Morgan fingerprint density at radius 2 is 1.46 bits per heavy atom. The molecule has 174 valence electrons. The Hall–Kier alpha value is -4.43. The second-order valence-electron chi connectivity index (χ2n) is 6.93. The molecule has 0 aromatic carbocycles. The molecule has 3 aromatic heterocycles. The maximum absolute atomic E-state index is 4.88. The summed E-state index contributed by atoms with van der Waals surface area (Å²) >= 11 is 4.88. The van der Waals surface area contributed by atoms with Crippen molar-refractivity contribution in [3.8, 4) is 0 Å². The highest BCUT2D eigenvalue weighted by atomic mass is 32.1. The minimum atomic E-state index is 0.517. The van der Waals surface area contributed by atoms with Crippen LogP contribution in [0.2, 0.25) is 0 Å². The van der Waals surface area contributed by atoms with E-state index in [4.69, 9.17) is 12.2 Å². The van der Waals surface area contributed by atoms with Gasteiger partial charge in [-0.05, 0) is 56.3 Å². The molecular weight excluding hydrogens is 454 g/mol. The molecule has 0 aliphatic carbocycles. The minimum Gasteiger partial charge on any atom is -0.351 e. The van der Waals surface area contributed by atoms with Crippen molar-refractivity contribution < 1.29 is 0 Å². The molecule has 0 radical (unpaired) electrons. The van der Waals surface area contributed by atoms with E-state index in [0.717, 1.165) is 22.8 Å². The maximum Gasteiger partial charge on any atom is 0.154 e. The molecule has 0 bridgehead atoms. The predicted molar refractivity (Wildman–Crippen MR) is 149 cm³/mol. The van der Waals surface area contributed by atoms with Crippen molar-refractivity contribution in [3.63, 3.8) is 0 Å². The molecule has 0 amide bonds. The van der Waals surface area contributed by atoms with Gasteiger partial charge in [-0.15, -0.1) is 0 Å². The van der Waals surface area contributed by atoms with Crippen molar-refractivity contribution in [2.75, 3.05) is 0 Å². The summed E-state index contributed by atoms with van der Waals surface area (Å²) in [4.78, 5) is 26.9. The van der Waals surface area contributed by atoms with Crippen LogP contribution in [0.5, 0.6) is 0 Å². The smallest absolute Gasteiger partial charge is 0.154 e. The number of pyridine rings is 3. The summed E-state index contributed by atoms with van der Waals surface area (Å²) in [6, 6.07) is 16.8.